The number of aromatic hydroxyl groups is 1. The molecular formula is C17H18FNO2. The number of amides is 1. The Morgan fingerprint density at radius 1 is 1.10 bits per heavy atom. The molecule has 2 rings (SSSR count). The van der Waals surface area contributed by atoms with Crippen LogP contribution in [-0.4, -0.2) is 18.1 Å². The van der Waals surface area contributed by atoms with Gasteiger partial charge < -0.3 is 10.0 Å². The van der Waals surface area contributed by atoms with Gasteiger partial charge in [0.05, 0.1) is 5.69 Å². The number of aryl methyl sites for hydroxylation is 2. The number of phenolic OH excluding ortho intramolecular Hbond substituents is 1. The van der Waals surface area contributed by atoms with Gasteiger partial charge in [-0.3, -0.25) is 4.79 Å². The van der Waals surface area contributed by atoms with Crippen LogP contribution >= 0.6 is 0 Å². The molecule has 0 aromatic heterocycles. The second kappa shape index (κ2) is 6.88. The summed E-state index contributed by atoms with van der Waals surface area (Å²) in [4.78, 5) is 12.4. The lowest BCUT2D eigenvalue weighted by Gasteiger charge is -2.17. The van der Waals surface area contributed by atoms with Gasteiger partial charge in [0.15, 0.2) is 0 Å². The lowest BCUT2D eigenvalue weighted by molar-refractivity contribution is -0.107. The molecule has 0 aliphatic heterocycles. The number of halogens is 1. The van der Waals surface area contributed by atoms with Crippen LogP contribution in [0.1, 0.15) is 18.1 Å². The predicted octanol–water partition coefficient (Wildman–Crippen LogP) is 3.30. The lowest BCUT2D eigenvalue weighted by atomic mass is 10.0. The molecule has 0 fully saturated rings. The van der Waals surface area contributed by atoms with E-state index >= 15 is 0 Å². The minimum Gasteiger partial charge on any atom is -0.506 e. The van der Waals surface area contributed by atoms with Crippen LogP contribution in [0.3, 0.4) is 0 Å². The molecule has 0 radical (unpaired) electrons. The maximum absolute atomic E-state index is 12.8. The molecule has 0 heterocycles. The van der Waals surface area contributed by atoms with Gasteiger partial charge in [-0.25, -0.2) is 4.39 Å². The topological polar surface area (TPSA) is 40.5 Å². The molecule has 0 aliphatic carbocycles. The Morgan fingerprint density at radius 2 is 1.71 bits per heavy atom. The van der Waals surface area contributed by atoms with Crippen molar-refractivity contribution < 1.29 is 14.3 Å². The molecule has 0 saturated heterocycles. The molecule has 0 unspecified atom stereocenters. The molecule has 1 amide bonds. The highest BCUT2D eigenvalue weighted by Gasteiger charge is 2.09. The summed E-state index contributed by atoms with van der Waals surface area (Å²) in [6.45, 7) is 2.34. The Morgan fingerprint density at radius 3 is 2.33 bits per heavy atom. The summed E-state index contributed by atoms with van der Waals surface area (Å²) >= 11 is 0. The van der Waals surface area contributed by atoms with Gasteiger partial charge >= 0.3 is 0 Å². The first kappa shape index (κ1) is 15.0. The molecule has 1 N–H and O–H groups in total. The van der Waals surface area contributed by atoms with E-state index < -0.39 is 0 Å². The first-order valence-corrected chi connectivity index (χ1v) is 6.92. The zero-order chi connectivity index (χ0) is 15.2. The first-order chi connectivity index (χ1) is 10.1. The molecule has 4 heteroatoms. The smallest absolute Gasteiger partial charge is 0.214 e. The zero-order valence-electron chi connectivity index (χ0n) is 11.9. The van der Waals surface area contributed by atoms with Crippen LogP contribution in [-0.2, 0) is 17.6 Å². The Labute approximate surface area is 123 Å². The average molecular weight is 287 g/mol. The summed E-state index contributed by atoms with van der Waals surface area (Å²) < 4.78 is 12.8. The van der Waals surface area contributed by atoms with Crippen molar-refractivity contribution in [3.63, 3.8) is 0 Å². The van der Waals surface area contributed by atoms with E-state index in [-0.39, 0.29) is 11.6 Å². The number of carbonyl (C=O) groups is 1. The van der Waals surface area contributed by atoms with Crippen LogP contribution in [0, 0.1) is 5.82 Å². The number of hydrogen-bond donors (Lipinski definition) is 1. The fourth-order valence-electron chi connectivity index (χ4n) is 2.20. The molecule has 0 spiro atoms. The normalized spacial score (nSPS) is 10.4. The highest BCUT2D eigenvalue weighted by molar-refractivity contribution is 5.78. The highest BCUT2D eigenvalue weighted by Crippen LogP contribution is 2.28. The van der Waals surface area contributed by atoms with E-state index in [0.717, 1.165) is 24.0 Å². The fraction of sp³-hybridized carbons (Fsp3) is 0.235. The van der Waals surface area contributed by atoms with Crippen molar-refractivity contribution in [1.29, 1.82) is 0 Å². The molecule has 21 heavy (non-hydrogen) atoms. The molecule has 2 aromatic rings. The van der Waals surface area contributed by atoms with Crippen molar-refractivity contribution in [2.45, 2.75) is 19.8 Å². The number of nitrogens with zero attached hydrogens (tertiary/aromatic N) is 1. The molecule has 0 aliphatic rings. The van der Waals surface area contributed by atoms with Crippen molar-refractivity contribution in [2.75, 3.05) is 11.4 Å². The van der Waals surface area contributed by atoms with Crippen LogP contribution in [0.25, 0.3) is 0 Å². The van der Waals surface area contributed by atoms with E-state index in [0.29, 0.717) is 18.6 Å². The van der Waals surface area contributed by atoms with Crippen LogP contribution < -0.4 is 4.90 Å². The van der Waals surface area contributed by atoms with Gasteiger partial charge in [-0.05, 0) is 55.2 Å². The Hall–Kier alpha value is -2.36. The Kier molecular flexibility index (Phi) is 4.93. The summed E-state index contributed by atoms with van der Waals surface area (Å²) in [5.74, 6) is -0.148. The van der Waals surface area contributed by atoms with Gasteiger partial charge in [-0.2, -0.15) is 0 Å². The molecular weight excluding hydrogens is 269 g/mol. The highest BCUT2D eigenvalue weighted by atomic mass is 19.1. The standard InChI is InChI=1S/C17H18FNO2/c1-2-19(12-20)16-11-14(7-10-17(16)21)4-3-13-5-8-15(18)9-6-13/h5-12,21H,2-4H2,1H3. The number of carbonyl (C=O) groups excluding carboxylic acids is 1. The van der Waals surface area contributed by atoms with Crippen molar-refractivity contribution in [3.8, 4) is 5.75 Å². The monoisotopic (exact) mass is 287 g/mol. The minimum atomic E-state index is -0.241. The van der Waals surface area contributed by atoms with Crippen molar-refractivity contribution >= 4 is 12.1 Å². The third kappa shape index (κ3) is 3.81. The second-order valence-electron chi connectivity index (χ2n) is 4.84. The fourth-order valence-corrected chi connectivity index (χ4v) is 2.20. The number of phenols is 1. The van der Waals surface area contributed by atoms with Crippen LogP contribution in [0.15, 0.2) is 42.5 Å². The first-order valence-electron chi connectivity index (χ1n) is 6.92. The van der Waals surface area contributed by atoms with E-state index in [1.54, 1.807) is 18.2 Å². The SMILES string of the molecule is CCN(C=O)c1cc(CCc2ccc(F)cc2)ccc1O. The third-order valence-corrected chi connectivity index (χ3v) is 3.43. The molecule has 2 aromatic carbocycles. The summed E-state index contributed by atoms with van der Waals surface area (Å²) in [5, 5.41) is 9.84. The summed E-state index contributed by atoms with van der Waals surface area (Å²) in [6.07, 6.45) is 2.24. The van der Waals surface area contributed by atoms with Gasteiger partial charge in [-0.15, -0.1) is 0 Å². The Balaban J connectivity index is 2.11. The summed E-state index contributed by atoms with van der Waals surface area (Å²) in [5.41, 5.74) is 2.59. The molecule has 3 nitrogen and oxygen atoms in total. The van der Waals surface area contributed by atoms with Gasteiger partial charge in [0.1, 0.15) is 11.6 Å². The maximum Gasteiger partial charge on any atom is 0.214 e. The van der Waals surface area contributed by atoms with Gasteiger partial charge in [-0.1, -0.05) is 18.2 Å². The van der Waals surface area contributed by atoms with Crippen molar-refractivity contribution in [3.05, 3.63) is 59.4 Å². The molecule has 0 atom stereocenters. The summed E-state index contributed by atoms with van der Waals surface area (Å²) in [6, 6.07) is 11.7. The number of anilines is 1. The molecule has 0 saturated carbocycles. The van der Waals surface area contributed by atoms with E-state index in [1.165, 1.54) is 17.0 Å². The predicted molar refractivity (Wildman–Crippen MR) is 81.0 cm³/mol. The molecule has 0 bridgehead atoms. The van der Waals surface area contributed by atoms with Gasteiger partial charge in [0.2, 0.25) is 6.41 Å². The van der Waals surface area contributed by atoms with Crippen molar-refractivity contribution in [1.82, 2.24) is 0 Å². The minimum absolute atomic E-state index is 0.0921. The molecule has 110 valence electrons. The van der Waals surface area contributed by atoms with Gasteiger partial charge in [0, 0.05) is 6.54 Å². The number of benzene rings is 2. The van der Waals surface area contributed by atoms with Gasteiger partial charge in [0.25, 0.3) is 0 Å². The second-order valence-corrected chi connectivity index (χ2v) is 4.84. The van der Waals surface area contributed by atoms with E-state index in [9.17, 15) is 14.3 Å². The van der Waals surface area contributed by atoms with Crippen LogP contribution in [0.4, 0.5) is 10.1 Å². The zero-order valence-corrected chi connectivity index (χ0v) is 11.9. The largest absolute Gasteiger partial charge is 0.506 e. The average Bonchev–Trinajstić information content (AvgIpc) is 2.50. The van der Waals surface area contributed by atoms with Crippen LogP contribution in [0.5, 0.6) is 5.75 Å². The van der Waals surface area contributed by atoms with E-state index in [4.69, 9.17) is 0 Å². The number of rotatable bonds is 6. The summed E-state index contributed by atoms with van der Waals surface area (Å²) in [7, 11) is 0. The van der Waals surface area contributed by atoms with E-state index in [2.05, 4.69) is 0 Å². The van der Waals surface area contributed by atoms with E-state index in [1.807, 2.05) is 19.1 Å². The van der Waals surface area contributed by atoms with Crippen LogP contribution in [0.2, 0.25) is 0 Å². The maximum atomic E-state index is 12.8. The lowest BCUT2D eigenvalue weighted by Crippen LogP contribution is -2.20. The Bertz CT molecular complexity index is 611. The number of hydrogen-bond acceptors (Lipinski definition) is 2. The quantitative estimate of drug-likeness (QED) is 0.828. The third-order valence-electron chi connectivity index (χ3n) is 3.43. The van der Waals surface area contributed by atoms with Crippen molar-refractivity contribution in [2.24, 2.45) is 0 Å².